The Morgan fingerprint density at radius 3 is 2.46 bits per heavy atom. The number of amides is 1. The van der Waals surface area contributed by atoms with Crippen LogP contribution in [0.15, 0.2) is 60.7 Å². The van der Waals surface area contributed by atoms with Crippen molar-refractivity contribution in [3.05, 3.63) is 76.8 Å². The van der Waals surface area contributed by atoms with E-state index in [9.17, 15) is 4.79 Å². The molecule has 26 heavy (non-hydrogen) atoms. The minimum absolute atomic E-state index is 0.0864. The van der Waals surface area contributed by atoms with Crippen LogP contribution in [0, 0.1) is 17.3 Å². The minimum Gasteiger partial charge on any atom is -0.321 e. The van der Waals surface area contributed by atoms with Gasteiger partial charge in [-0.05, 0) is 50.4 Å². The molecule has 3 aromatic rings. The number of anilines is 1. The van der Waals surface area contributed by atoms with Crippen LogP contribution in [-0.2, 0) is 0 Å². The molecule has 3 heteroatoms. The van der Waals surface area contributed by atoms with E-state index in [4.69, 9.17) is 11.6 Å². The second-order valence-corrected chi connectivity index (χ2v) is 7.58. The number of rotatable bonds is 2. The highest BCUT2D eigenvalue weighted by atomic mass is 35.5. The van der Waals surface area contributed by atoms with Crippen molar-refractivity contribution < 1.29 is 4.79 Å². The summed E-state index contributed by atoms with van der Waals surface area (Å²) >= 11 is 6.33. The van der Waals surface area contributed by atoms with Gasteiger partial charge in [0.1, 0.15) is 0 Å². The molecule has 0 aliphatic carbocycles. The van der Waals surface area contributed by atoms with Gasteiger partial charge in [0.25, 0.3) is 5.91 Å². The summed E-state index contributed by atoms with van der Waals surface area (Å²) in [4.78, 5) is 12.7. The summed E-state index contributed by atoms with van der Waals surface area (Å²) in [5, 5.41) is 5.42. The Hall–Kier alpha value is -2.76. The van der Waals surface area contributed by atoms with E-state index in [0.29, 0.717) is 10.6 Å². The van der Waals surface area contributed by atoms with Crippen LogP contribution in [0.3, 0.4) is 0 Å². The zero-order chi connectivity index (χ0) is 18.7. The number of hydrogen-bond donors (Lipinski definition) is 1. The number of carbonyl (C=O) groups excluding carboxylic acids is 1. The Morgan fingerprint density at radius 2 is 1.73 bits per heavy atom. The predicted molar refractivity (Wildman–Crippen MR) is 110 cm³/mol. The van der Waals surface area contributed by atoms with E-state index in [1.807, 2.05) is 69.3 Å². The average molecular weight is 362 g/mol. The van der Waals surface area contributed by atoms with Crippen LogP contribution >= 0.6 is 11.6 Å². The number of carbonyl (C=O) groups is 1. The zero-order valence-electron chi connectivity index (χ0n) is 15.1. The summed E-state index contributed by atoms with van der Waals surface area (Å²) in [5.74, 6) is 6.03. The van der Waals surface area contributed by atoms with Crippen LogP contribution in [-0.4, -0.2) is 5.91 Å². The summed E-state index contributed by atoms with van der Waals surface area (Å²) in [5.41, 5.74) is 1.91. The van der Waals surface area contributed by atoms with Crippen LogP contribution < -0.4 is 5.32 Å². The smallest absolute Gasteiger partial charge is 0.257 e. The van der Waals surface area contributed by atoms with Crippen LogP contribution in [0.4, 0.5) is 5.69 Å². The van der Waals surface area contributed by atoms with Gasteiger partial charge in [-0.2, -0.15) is 0 Å². The van der Waals surface area contributed by atoms with Gasteiger partial charge in [-0.15, -0.1) is 0 Å². The highest BCUT2D eigenvalue weighted by Gasteiger charge is 2.12. The lowest BCUT2D eigenvalue weighted by Crippen LogP contribution is -2.12. The molecule has 130 valence electrons. The molecule has 3 rings (SSSR count). The van der Waals surface area contributed by atoms with Crippen molar-refractivity contribution in [3.8, 4) is 11.8 Å². The molecule has 0 radical (unpaired) electrons. The van der Waals surface area contributed by atoms with E-state index in [2.05, 4.69) is 17.2 Å². The van der Waals surface area contributed by atoms with Gasteiger partial charge in [0.15, 0.2) is 0 Å². The van der Waals surface area contributed by atoms with Crippen molar-refractivity contribution in [3.63, 3.8) is 0 Å². The van der Waals surface area contributed by atoms with E-state index < -0.39 is 0 Å². The second-order valence-electron chi connectivity index (χ2n) is 7.18. The molecule has 0 saturated carbocycles. The van der Waals surface area contributed by atoms with Crippen molar-refractivity contribution in [2.24, 2.45) is 5.41 Å². The van der Waals surface area contributed by atoms with Crippen LogP contribution in [0.5, 0.6) is 0 Å². The monoisotopic (exact) mass is 361 g/mol. The summed E-state index contributed by atoms with van der Waals surface area (Å²) in [6.45, 7) is 6.15. The minimum atomic E-state index is -0.235. The molecule has 0 atom stereocenters. The van der Waals surface area contributed by atoms with E-state index in [0.717, 1.165) is 22.0 Å². The normalized spacial score (nSPS) is 10.9. The van der Waals surface area contributed by atoms with Gasteiger partial charge in [-0.1, -0.05) is 59.8 Å². The molecule has 0 aliphatic heterocycles. The fraction of sp³-hybridized carbons (Fsp3) is 0.174. The van der Waals surface area contributed by atoms with Crippen molar-refractivity contribution in [1.29, 1.82) is 0 Å². The molecule has 0 saturated heterocycles. The summed E-state index contributed by atoms with van der Waals surface area (Å²) in [7, 11) is 0. The quantitative estimate of drug-likeness (QED) is 0.545. The number of benzene rings is 3. The van der Waals surface area contributed by atoms with E-state index >= 15 is 0 Å². The highest BCUT2D eigenvalue weighted by molar-refractivity contribution is 6.34. The van der Waals surface area contributed by atoms with Crippen molar-refractivity contribution in [2.75, 3.05) is 5.32 Å². The lowest BCUT2D eigenvalue weighted by Gasteiger charge is -2.10. The molecule has 0 heterocycles. The van der Waals surface area contributed by atoms with Gasteiger partial charge < -0.3 is 5.32 Å². The SMILES string of the molecule is CC(C)(C)C#Cc1ccc(C(=O)Nc2cccc3ccccc23)c(Cl)c1. The molecule has 0 aliphatic rings. The standard InChI is InChI=1S/C23H20ClNO/c1-23(2,3)14-13-16-11-12-19(20(24)15-16)22(26)25-21-10-6-8-17-7-4-5-9-18(17)21/h4-12,15H,1-3H3,(H,25,26). The third kappa shape index (κ3) is 4.25. The maximum absolute atomic E-state index is 12.7. The number of fused-ring (bicyclic) bond motifs is 1. The Labute approximate surface area is 159 Å². The Morgan fingerprint density at radius 1 is 1.00 bits per heavy atom. The summed E-state index contributed by atoms with van der Waals surface area (Å²) in [6, 6.07) is 19.0. The lowest BCUT2D eigenvalue weighted by molar-refractivity contribution is 0.102. The Bertz CT molecular complexity index is 1030. The topological polar surface area (TPSA) is 29.1 Å². The summed E-state index contributed by atoms with van der Waals surface area (Å²) in [6.07, 6.45) is 0. The maximum Gasteiger partial charge on any atom is 0.257 e. The molecular weight excluding hydrogens is 342 g/mol. The van der Waals surface area contributed by atoms with Crippen LogP contribution in [0.25, 0.3) is 10.8 Å². The molecule has 3 aromatic carbocycles. The van der Waals surface area contributed by atoms with Gasteiger partial charge in [-0.3, -0.25) is 4.79 Å². The van der Waals surface area contributed by atoms with Crippen molar-refractivity contribution >= 4 is 34.0 Å². The molecule has 0 unspecified atom stereocenters. The Balaban J connectivity index is 1.87. The van der Waals surface area contributed by atoms with E-state index in [1.54, 1.807) is 12.1 Å². The van der Waals surface area contributed by atoms with Gasteiger partial charge in [0.05, 0.1) is 10.6 Å². The van der Waals surface area contributed by atoms with Crippen LogP contribution in [0.1, 0.15) is 36.7 Å². The fourth-order valence-corrected chi connectivity index (χ4v) is 2.83. The molecule has 0 aromatic heterocycles. The first kappa shape index (κ1) is 18.0. The molecular formula is C23H20ClNO. The third-order valence-electron chi connectivity index (χ3n) is 3.83. The van der Waals surface area contributed by atoms with E-state index in [1.165, 1.54) is 0 Å². The number of nitrogens with one attached hydrogen (secondary N) is 1. The van der Waals surface area contributed by atoms with Gasteiger partial charge in [-0.25, -0.2) is 0 Å². The first-order chi connectivity index (χ1) is 12.3. The molecule has 1 N–H and O–H groups in total. The van der Waals surface area contributed by atoms with E-state index in [-0.39, 0.29) is 11.3 Å². The molecule has 0 bridgehead atoms. The van der Waals surface area contributed by atoms with Gasteiger partial charge in [0.2, 0.25) is 0 Å². The Kier molecular flexibility index (Phi) is 5.02. The zero-order valence-corrected chi connectivity index (χ0v) is 15.8. The van der Waals surface area contributed by atoms with Crippen LogP contribution in [0.2, 0.25) is 5.02 Å². The van der Waals surface area contributed by atoms with Gasteiger partial charge in [0, 0.05) is 22.1 Å². The third-order valence-corrected chi connectivity index (χ3v) is 4.15. The second kappa shape index (κ2) is 7.23. The summed E-state index contributed by atoms with van der Waals surface area (Å²) < 4.78 is 0. The first-order valence-electron chi connectivity index (χ1n) is 8.45. The average Bonchev–Trinajstić information content (AvgIpc) is 2.59. The predicted octanol–water partition coefficient (Wildman–Crippen LogP) is 6.14. The largest absolute Gasteiger partial charge is 0.321 e. The van der Waals surface area contributed by atoms with Crippen molar-refractivity contribution in [2.45, 2.75) is 20.8 Å². The molecule has 0 fully saturated rings. The lowest BCUT2D eigenvalue weighted by atomic mass is 9.97. The van der Waals surface area contributed by atoms with Crippen molar-refractivity contribution in [1.82, 2.24) is 0 Å². The highest BCUT2D eigenvalue weighted by Crippen LogP contribution is 2.25. The first-order valence-corrected chi connectivity index (χ1v) is 8.83. The fourth-order valence-electron chi connectivity index (χ4n) is 2.56. The number of hydrogen-bond acceptors (Lipinski definition) is 1. The molecule has 0 spiro atoms. The molecule has 1 amide bonds. The molecule has 2 nitrogen and oxygen atoms in total. The maximum atomic E-state index is 12.7. The van der Waals surface area contributed by atoms with Gasteiger partial charge >= 0.3 is 0 Å². The number of halogens is 1.